The number of fused-ring (bicyclic) bond motifs is 2. The molecule has 6 heteroatoms. The van der Waals surface area contributed by atoms with E-state index in [1.54, 1.807) is 43.1 Å². The lowest BCUT2D eigenvalue weighted by Crippen LogP contribution is -2.49. The number of likely N-dealkylation sites (N-methyl/N-ethyl adjacent to an activating group) is 1. The maximum Gasteiger partial charge on any atom is 0.253 e. The van der Waals surface area contributed by atoms with Crippen molar-refractivity contribution in [3.05, 3.63) is 70.8 Å². The number of piperidine rings is 1. The van der Waals surface area contributed by atoms with Crippen LogP contribution in [0.25, 0.3) is 6.08 Å². The van der Waals surface area contributed by atoms with E-state index < -0.39 is 5.41 Å². The Morgan fingerprint density at radius 1 is 1.06 bits per heavy atom. The smallest absolute Gasteiger partial charge is 0.253 e. The van der Waals surface area contributed by atoms with Crippen LogP contribution < -0.4 is 4.90 Å². The zero-order chi connectivity index (χ0) is 23.0. The minimum Gasteiger partial charge on any atom is -0.345 e. The Labute approximate surface area is 189 Å². The normalized spacial score (nSPS) is 17.2. The van der Waals surface area contributed by atoms with Gasteiger partial charge in [-0.15, -0.1) is 0 Å². The summed E-state index contributed by atoms with van der Waals surface area (Å²) in [5.41, 5.74) is 3.80. The van der Waals surface area contributed by atoms with Gasteiger partial charge < -0.3 is 14.7 Å². The van der Waals surface area contributed by atoms with Crippen LogP contribution >= 0.6 is 0 Å². The van der Waals surface area contributed by atoms with Gasteiger partial charge >= 0.3 is 0 Å². The summed E-state index contributed by atoms with van der Waals surface area (Å²) in [6, 6.07) is 13.4. The summed E-state index contributed by atoms with van der Waals surface area (Å²) in [7, 11) is 5.22. The number of hydrogen-bond donors (Lipinski definition) is 0. The van der Waals surface area contributed by atoms with Crippen molar-refractivity contribution < 1.29 is 14.4 Å². The standard InChI is InChI=1S/C26H29N3O3/c1-18-7-5-6-8-19(18)10-12-23(30)29-15-13-26(14-16-29)21-17-20(24(31)27(2)3)9-11-22(21)28(4)25(26)32/h5-12,17H,13-16H2,1-4H3/b12-10+. The van der Waals surface area contributed by atoms with Gasteiger partial charge in [-0.25, -0.2) is 0 Å². The fraction of sp³-hybridized carbons (Fsp3) is 0.346. The van der Waals surface area contributed by atoms with Crippen LogP contribution in [0.15, 0.2) is 48.5 Å². The SMILES string of the molecule is Cc1ccccc1/C=C/C(=O)N1CCC2(CC1)C(=O)N(C)c1ccc(C(=O)N(C)C)cc12. The summed E-state index contributed by atoms with van der Waals surface area (Å²) in [4.78, 5) is 43.6. The lowest BCUT2D eigenvalue weighted by atomic mass is 9.73. The minimum absolute atomic E-state index is 0.0429. The van der Waals surface area contributed by atoms with E-state index in [-0.39, 0.29) is 17.7 Å². The van der Waals surface area contributed by atoms with Gasteiger partial charge in [0, 0.05) is 51.6 Å². The third kappa shape index (κ3) is 3.60. The molecule has 2 aliphatic rings. The van der Waals surface area contributed by atoms with Crippen LogP contribution in [0, 0.1) is 6.92 Å². The maximum atomic E-state index is 13.3. The number of carbonyl (C=O) groups excluding carboxylic acids is 3. The van der Waals surface area contributed by atoms with Crippen molar-refractivity contribution in [1.82, 2.24) is 9.80 Å². The molecule has 0 saturated carbocycles. The van der Waals surface area contributed by atoms with Crippen LogP contribution in [-0.2, 0) is 15.0 Å². The third-order valence-corrected chi connectivity index (χ3v) is 6.76. The lowest BCUT2D eigenvalue weighted by molar-refractivity contribution is -0.131. The third-order valence-electron chi connectivity index (χ3n) is 6.76. The molecule has 166 valence electrons. The molecule has 1 fully saturated rings. The van der Waals surface area contributed by atoms with E-state index in [0.717, 1.165) is 22.4 Å². The van der Waals surface area contributed by atoms with Crippen molar-refractivity contribution in [2.45, 2.75) is 25.2 Å². The van der Waals surface area contributed by atoms with Gasteiger partial charge in [-0.3, -0.25) is 14.4 Å². The topological polar surface area (TPSA) is 60.9 Å². The summed E-state index contributed by atoms with van der Waals surface area (Å²) >= 11 is 0. The first-order valence-corrected chi connectivity index (χ1v) is 10.9. The molecule has 4 rings (SSSR count). The van der Waals surface area contributed by atoms with Crippen molar-refractivity contribution >= 4 is 29.5 Å². The number of aryl methyl sites for hydroxylation is 1. The average molecular weight is 432 g/mol. The molecule has 2 aliphatic heterocycles. The Hall–Kier alpha value is -3.41. The monoisotopic (exact) mass is 431 g/mol. The summed E-state index contributed by atoms with van der Waals surface area (Å²) in [5, 5.41) is 0. The molecule has 2 heterocycles. The first-order chi connectivity index (χ1) is 15.2. The van der Waals surface area contributed by atoms with E-state index in [1.807, 2.05) is 49.4 Å². The lowest BCUT2D eigenvalue weighted by Gasteiger charge is -2.38. The Morgan fingerprint density at radius 2 is 1.75 bits per heavy atom. The molecule has 0 aliphatic carbocycles. The molecule has 0 radical (unpaired) electrons. The number of carbonyl (C=O) groups is 3. The van der Waals surface area contributed by atoms with Crippen molar-refractivity contribution in [3.8, 4) is 0 Å². The molecule has 0 bridgehead atoms. The second-order valence-corrected chi connectivity index (χ2v) is 8.89. The van der Waals surface area contributed by atoms with Gasteiger partial charge in [-0.1, -0.05) is 24.3 Å². The van der Waals surface area contributed by atoms with Gasteiger partial charge in [-0.2, -0.15) is 0 Å². The number of hydrogen-bond acceptors (Lipinski definition) is 3. The summed E-state index contributed by atoms with van der Waals surface area (Å²) in [5.74, 6) is -0.0814. The Balaban J connectivity index is 1.54. The average Bonchev–Trinajstić information content (AvgIpc) is 3.00. The Morgan fingerprint density at radius 3 is 2.41 bits per heavy atom. The van der Waals surface area contributed by atoms with Crippen LogP contribution in [0.4, 0.5) is 5.69 Å². The predicted molar refractivity (Wildman–Crippen MR) is 126 cm³/mol. The molecule has 2 aromatic carbocycles. The molecule has 1 spiro atoms. The number of likely N-dealkylation sites (tertiary alicyclic amines) is 1. The molecule has 32 heavy (non-hydrogen) atoms. The highest BCUT2D eigenvalue weighted by molar-refractivity contribution is 6.09. The number of amides is 3. The second-order valence-electron chi connectivity index (χ2n) is 8.89. The van der Waals surface area contributed by atoms with Crippen molar-refractivity contribution in [3.63, 3.8) is 0 Å². The van der Waals surface area contributed by atoms with Crippen LogP contribution in [0.3, 0.4) is 0 Å². The number of nitrogens with zero attached hydrogens (tertiary/aromatic N) is 3. The molecule has 0 atom stereocenters. The fourth-order valence-corrected chi connectivity index (χ4v) is 4.78. The maximum absolute atomic E-state index is 13.3. The fourth-order valence-electron chi connectivity index (χ4n) is 4.78. The van der Waals surface area contributed by atoms with E-state index in [4.69, 9.17) is 0 Å². The summed E-state index contributed by atoms with van der Waals surface area (Å²) in [6.45, 7) is 3.02. The molecular formula is C26H29N3O3. The van der Waals surface area contributed by atoms with Crippen molar-refractivity contribution in [2.75, 3.05) is 39.1 Å². The molecule has 3 amide bonds. The van der Waals surface area contributed by atoms with Gasteiger partial charge in [0.05, 0.1) is 5.41 Å². The van der Waals surface area contributed by atoms with E-state index >= 15 is 0 Å². The van der Waals surface area contributed by atoms with Crippen LogP contribution in [0.5, 0.6) is 0 Å². The molecule has 0 aromatic heterocycles. The molecular weight excluding hydrogens is 402 g/mol. The minimum atomic E-state index is -0.677. The molecule has 0 unspecified atom stereocenters. The van der Waals surface area contributed by atoms with Gasteiger partial charge in [0.2, 0.25) is 11.8 Å². The van der Waals surface area contributed by atoms with Crippen LogP contribution in [0.2, 0.25) is 0 Å². The van der Waals surface area contributed by atoms with Gasteiger partial charge in [-0.05, 0) is 60.7 Å². The van der Waals surface area contributed by atoms with Gasteiger partial charge in [0.1, 0.15) is 0 Å². The first-order valence-electron chi connectivity index (χ1n) is 10.9. The number of benzene rings is 2. The van der Waals surface area contributed by atoms with E-state index in [9.17, 15) is 14.4 Å². The highest BCUT2D eigenvalue weighted by atomic mass is 16.2. The summed E-state index contributed by atoms with van der Waals surface area (Å²) < 4.78 is 0. The van der Waals surface area contributed by atoms with E-state index in [0.29, 0.717) is 31.5 Å². The molecule has 2 aromatic rings. The van der Waals surface area contributed by atoms with Crippen LogP contribution in [0.1, 0.15) is 39.9 Å². The quantitative estimate of drug-likeness (QED) is 0.701. The van der Waals surface area contributed by atoms with Crippen molar-refractivity contribution in [2.24, 2.45) is 0 Å². The highest BCUT2D eigenvalue weighted by Crippen LogP contribution is 2.47. The first kappa shape index (κ1) is 21.8. The summed E-state index contributed by atoms with van der Waals surface area (Å²) in [6.07, 6.45) is 4.56. The Kier molecular flexibility index (Phi) is 5.63. The zero-order valence-electron chi connectivity index (χ0n) is 19.1. The number of anilines is 1. The second kappa shape index (κ2) is 8.26. The predicted octanol–water partition coefficient (Wildman–Crippen LogP) is 3.25. The largest absolute Gasteiger partial charge is 0.345 e. The molecule has 0 N–H and O–H groups in total. The van der Waals surface area contributed by atoms with Gasteiger partial charge in [0.25, 0.3) is 5.91 Å². The van der Waals surface area contributed by atoms with Gasteiger partial charge in [0.15, 0.2) is 0 Å². The zero-order valence-corrected chi connectivity index (χ0v) is 19.1. The highest BCUT2D eigenvalue weighted by Gasteiger charge is 2.51. The van der Waals surface area contributed by atoms with E-state index in [2.05, 4.69) is 0 Å². The Bertz CT molecular complexity index is 1110. The van der Waals surface area contributed by atoms with E-state index in [1.165, 1.54) is 4.90 Å². The van der Waals surface area contributed by atoms with Crippen LogP contribution in [-0.4, -0.2) is 61.8 Å². The molecule has 1 saturated heterocycles. The molecule has 6 nitrogen and oxygen atoms in total. The number of rotatable bonds is 3. The van der Waals surface area contributed by atoms with Crippen molar-refractivity contribution in [1.29, 1.82) is 0 Å².